The van der Waals surface area contributed by atoms with Crippen molar-refractivity contribution in [3.63, 3.8) is 0 Å². The number of fused-ring (bicyclic) bond motifs is 2. The third-order valence-corrected chi connectivity index (χ3v) is 20.9. The van der Waals surface area contributed by atoms with E-state index in [4.69, 9.17) is 29.1 Å². The molecule has 8 rings (SSSR count). The number of ether oxygens (including phenoxy) is 2. The van der Waals surface area contributed by atoms with Crippen LogP contribution in [0.4, 0.5) is 11.6 Å². The minimum Gasteiger partial charge on any atom is 0 e. The van der Waals surface area contributed by atoms with Crippen molar-refractivity contribution in [2.24, 2.45) is 9.98 Å². The maximum Gasteiger partial charge on any atom is 0 e. The van der Waals surface area contributed by atoms with E-state index in [1.807, 2.05) is 18.5 Å². The average molecular weight is 1280 g/mol. The number of hydrogen-bond acceptors (Lipinski definition) is 8. The molecule has 0 unspecified atom stereocenters. The second-order valence-electron chi connectivity index (χ2n) is 25.0. The van der Waals surface area contributed by atoms with E-state index in [-0.39, 0.29) is 43.7 Å². The molecule has 4 aliphatic rings. The summed E-state index contributed by atoms with van der Waals surface area (Å²) in [5, 5.41) is 2.70. The molecule has 0 radical (unpaired) electrons. The molecule has 2 saturated heterocycles. The quantitative estimate of drug-likeness (QED) is 0.115. The van der Waals surface area contributed by atoms with Crippen molar-refractivity contribution < 1.29 is 47.2 Å². The minimum absolute atomic E-state index is 0. The minimum atomic E-state index is 0. The van der Waals surface area contributed by atoms with E-state index in [0.717, 1.165) is 122 Å². The Morgan fingerprint density at radius 2 is 0.824 bits per heavy atom. The Hall–Kier alpha value is -1.48. The summed E-state index contributed by atoms with van der Waals surface area (Å²) in [6, 6.07) is 21.3. The van der Waals surface area contributed by atoms with Crippen LogP contribution in [0, 0.1) is 14.4 Å². The fraction of sp³-hybridized carbons (Fsp3) is 0.583. The molecule has 2 aromatic heterocycles. The summed E-state index contributed by atoms with van der Waals surface area (Å²) in [5.41, 5.74) is 10.8. The zero-order valence-corrected chi connectivity index (χ0v) is 57.8. The standard InChI is InChI=1S/C18H19N3O.C17H16BrN3O.2C12H27P.CH3.ClH.Pd.Zn/c1-13-2-3-15-12-20-18(16(15)10-13)14-4-5-19-17(11-14)21-6-8-22-9-7-21;18-14-2-1-13-11-20-17(15(13)10-14)12-3-4-19-16(9-12)21-5-7-22-8-6-21;2*1-10(2,3)13(11(4,5)6)12(7,8)9;;;;/h2-5,10-11H,6-9,12H2,1H3;1-4,9-10H,5-8,11H2;2*1-9H3;1H3;1H;;/q;;;;-1;;;+2/p-1. The van der Waals surface area contributed by atoms with Crippen molar-refractivity contribution in [3.05, 3.63) is 124 Å². The summed E-state index contributed by atoms with van der Waals surface area (Å²) in [7, 11) is 4.80. The van der Waals surface area contributed by atoms with Crippen molar-refractivity contribution in [3.8, 4) is 0 Å². The third kappa shape index (κ3) is 20.0. The molecule has 410 valence electrons. The van der Waals surface area contributed by atoms with Crippen LogP contribution < -0.4 is 9.80 Å². The predicted octanol–water partition coefficient (Wildman–Crippen LogP) is 16.5. The zero-order valence-electron chi connectivity index (χ0n) is 49.2. The smallest absolute Gasteiger partial charge is 0 e. The van der Waals surface area contributed by atoms with Crippen molar-refractivity contribution in [2.75, 3.05) is 62.4 Å². The number of halogens is 2. The molecule has 4 aromatic rings. The molecule has 0 aliphatic carbocycles. The SMILES string of the molecule is Brc1ccc2c(c1)C(c1ccnc(N3CCOCC3)c1)=NC2.CC(C)(C)P(C(C)(C)C)C(C)(C)C.CC(C)(C)P(C(C)(C)C)C(C)(C)C.Cc1ccc2c(c1)C(c1ccnc(N3CCOCC3)c1)=NC2.[CH3-].[Cl][Zn+].[Pd]. The van der Waals surface area contributed by atoms with Crippen molar-refractivity contribution in [1.82, 2.24) is 9.97 Å². The van der Waals surface area contributed by atoms with Gasteiger partial charge >= 0.3 is 27.0 Å². The van der Waals surface area contributed by atoms with E-state index in [9.17, 15) is 0 Å². The average Bonchev–Trinajstić information content (AvgIpc) is 3.89. The summed E-state index contributed by atoms with van der Waals surface area (Å²) in [6.45, 7) is 53.2. The number of aryl methyl sites for hydroxylation is 1. The van der Waals surface area contributed by atoms with Gasteiger partial charge in [0.1, 0.15) is 11.6 Å². The Balaban J connectivity index is 0.000000342. The number of aromatic nitrogens is 2. The van der Waals surface area contributed by atoms with Gasteiger partial charge in [-0.15, -0.1) is 0 Å². The van der Waals surface area contributed by atoms with Gasteiger partial charge in [0.05, 0.1) is 50.9 Å². The monoisotopic (exact) mass is 1270 g/mol. The van der Waals surface area contributed by atoms with Gasteiger partial charge in [0.15, 0.2) is 0 Å². The summed E-state index contributed by atoms with van der Waals surface area (Å²) in [6.07, 6.45) is 3.76. The second-order valence-corrected chi connectivity index (χ2v) is 35.3. The van der Waals surface area contributed by atoms with Gasteiger partial charge in [0.25, 0.3) is 0 Å². The Kier molecular flexibility index (Phi) is 27.0. The van der Waals surface area contributed by atoms with Crippen LogP contribution in [0.2, 0.25) is 0 Å². The Labute approximate surface area is 489 Å². The molecule has 2 aromatic carbocycles. The number of rotatable bonds is 4. The summed E-state index contributed by atoms with van der Waals surface area (Å²) in [5.74, 6) is 2.02. The Morgan fingerprint density at radius 3 is 1.15 bits per heavy atom. The molecule has 14 heteroatoms. The first-order valence-electron chi connectivity index (χ1n) is 25.8. The summed E-state index contributed by atoms with van der Waals surface area (Å²) in [4.78, 5) is 23.1. The number of pyridine rings is 2. The number of hydrogen-bond donors (Lipinski definition) is 0. The molecule has 0 saturated carbocycles. The number of benzene rings is 2. The maximum atomic E-state index is 5.42. The Morgan fingerprint density at radius 1 is 0.500 bits per heavy atom. The number of morpholine rings is 2. The van der Waals surface area contributed by atoms with Gasteiger partial charge in [-0.3, -0.25) is 9.98 Å². The number of nitrogens with zero attached hydrogens (tertiary/aromatic N) is 6. The molecular weight excluding hydrogens is 1190 g/mol. The van der Waals surface area contributed by atoms with Crippen LogP contribution in [0.15, 0.2) is 87.5 Å². The molecule has 0 atom stereocenters. The summed E-state index contributed by atoms with van der Waals surface area (Å²) >= 11 is 4.40. The van der Waals surface area contributed by atoms with Gasteiger partial charge in [0, 0.05) is 85.7 Å². The molecule has 4 aliphatic heterocycles. The van der Waals surface area contributed by atoms with Crippen LogP contribution in [0.3, 0.4) is 0 Å². The Bertz CT molecular complexity index is 2200. The third-order valence-electron chi connectivity index (χ3n) is 12.4. The van der Waals surface area contributed by atoms with Crippen LogP contribution in [-0.4, -0.2) is 105 Å². The van der Waals surface area contributed by atoms with Gasteiger partial charge in [-0.25, -0.2) is 9.97 Å². The van der Waals surface area contributed by atoms with Crippen LogP contribution in [-0.2, 0) is 60.3 Å². The zero-order chi connectivity index (χ0) is 54.0. The van der Waals surface area contributed by atoms with Crippen molar-refractivity contribution in [2.45, 2.75) is 176 Å². The van der Waals surface area contributed by atoms with Gasteiger partial charge in [-0.05, 0) is 91.5 Å². The molecular formula is C60H92BrClN6O2P2PdZn. The first-order valence-corrected chi connectivity index (χ1v) is 33.2. The molecule has 74 heavy (non-hydrogen) atoms. The van der Waals surface area contributed by atoms with E-state index in [1.54, 1.807) is 0 Å². The first-order chi connectivity index (χ1) is 33.4. The van der Waals surface area contributed by atoms with Crippen molar-refractivity contribution >= 4 is 64.5 Å². The fourth-order valence-corrected chi connectivity index (χ4v) is 24.5. The normalized spacial score (nSPS) is 15.7. The van der Waals surface area contributed by atoms with Crippen molar-refractivity contribution in [1.29, 1.82) is 0 Å². The molecule has 0 amide bonds. The van der Waals surface area contributed by atoms with E-state index in [0.29, 0.717) is 30.9 Å². The van der Waals surface area contributed by atoms with E-state index in [1.165, 1.54) is 27.8 Å². The van der Waals surface area contributed by atoms with Crippen LogP contribution >= 0.6 is 41.5 Å². The predicted molar refractivity (Wildman–Crippen MR) is 323 cm³/mol. The molecule has 0 N–H and O–H groups in total. The molecule has 0 bridgehead atoms. The second kappa shape index (κ2) is 29.1. The van der Waals surface area contributed by atoms with E-state index < -0.39 is 0 Å². The van der Waals surface area contributed by atoms with E-state index >= 15 is 0 Å². The van der Waals surface area contributed by atoms with Gasteiger partial charge in [-0.2, -0.15) is 0 Å². The van der Waals surface area contributed by atoms with E-state index in [2.05, 4.69) is 222 Å². The van der Waals surface area contributed by atoms with Gasteiger partial charge in [-0.1, -0.05) is 180 Å². The summed E-state index contributed by atoms with van der Waals surface area (Å²) < 4.78 is 11.9. The van der Waals surface area contributed by atoms with Crippen LogP contribution in [0.5, 0.6) is 0 Å². The largest absolute Gasteiger partial charge is 0 e. The molecule has 2 fully saturated rings. The topological polar surface area (TPSA) is 75.4 Å². The van der Waals surface area contributed by atoms with Crippen LogP contribution in [0.1, 0.15) is 164 Å². The number of anilines is 2. The molecule has 0 spiro atoms. The molecule has 6 heterocycles. The van der Waals surface area contributed by atoms with Gasteiger partial charge < -0.3 is 26.7 Å². The first kappa shape index (κ1) is 68.6. The fourth-order valence-electron chi connectivity index (χ4n) is 12.0. The van der Waals surface area contributed by atoms with Crippen LogP contribution in [0.25, 0.3) is 0 Å². The molecule has 8 nitrogen and oxygen atoms in total. The van der Waals surface area contributed by atoms with Gasteiger partial charge in [0.2, 0.25) is 0 Å². The maximum absolute atomic E-state index is 5.42. The number of aliphatic imine (C=N–C) groups is 2.